The van der Waals surface area contributed by atoms with Crippen LogP contribution in [0.15, 0.2) is 29.3 Å². The highest BCUT2D eigenvalue weighted by Gasteiger charge is 2.18. The summed E-state index contributed by atoms with van der Waals surface area (Å²) in [6, 6.07) is 6.84. The fourth-order valence-electron chi connectivity index (χ4n) is 2.19. The zero-order valence-electron chi connectivity index (χ0n) is 11.5. The SMILES string of the molecule is CC(C)N=C(N)N1CCN(c2ccc(F)cc2)CC1. The van der Waals surface area contributed by atoms with Crippen LogP contribution in [-0.4, -0.2) is 43.1 Å². The molecule has 0 amide bonds. The van der Waals surface area contributed by atoms with Gasteiger partial charge in [0, 0.05) is 37.9 Å². The third kappa shape index (κ3) is 3.59. The molecule has 0 aromatic heterocycles. The molecule has 0 saturated carbocycles. The molecule has 2 N–H and O–H groups in total. The lowest BCUT2D eigenvalue weighted by Gasteiger charge is -2.36. The van der Waals surface area contributed by atoms with E-state index in [1.54, 1.807) is 0 Å². The van der Waals surface area contributed by atoms with E-state index in [4.69, 9.17) is 5.73 Å². The second kappa shape index (κ2) is 5.91. The number of aliphatic imine (C=N–C) groups is 1. The first-order chi connectivity index (χ1) is 9.06. The van der Waals surface area contributed by atoms with Crippen molar-refractivity contribution in [3.05, 3.63) is 30.1 Å². The summed E-state index contributed by atoms with van der Waals surface area (Å²) in [7, 11) is 0. The van der Waals surface area contributed by atoms with Crippen molar-refractivity contribution < 1.29 is 4.39 Å². The zero-order chi connectivity index (χ0) is 13.8. The van der Waals surface area contributed by atoms with Gasteiger partial charge < -0.3 is 15.5 Å². The Bertz CT molecular complexity index is 433. The van der Waals surface area contributed by atoms with Crippen LogP contribution in [0.3, 0.4) is 0 Å². The Balaban J connectivity index is 1.94. The largest absolute Gasteiger partial charge is 0.370 e. The smallest absolute Gasteiger partial charge is 0.191 e. The van der Waals surface area contributed by atoms with Crippen LogP contribution in [0.1, 0.15) is 13.8 Å². The van der Waals surface area contributed by atoms with Crippen molar-refractivity contribution >= 4 is 11.6 Å². The van der Waals surface area contributed by atoms with Crippen LogP contribution in [0.2, 0.25) is 0 Å². The van der Waals surface area contributed by atoms with E-state index in [1.165, 1.54) is 12.1 Å². The lowest BCUT2D eigenvalue weighted by atomic mass is 10.2. The molecule has 0 unspecified atom stereocenters. The molecule has 1 aromatic rings. The molecule has 0 atom stereocenters. The van der Waals surface area contributed by atoms with Crippen LogP contribution < -0.4 is 10.6 Å². The summed E-state index contributed by atoms with van der Waals surface area (Å²) in [5.74, 6) is 0.421. The first-order valence-electron chi connectivity index (χ1n) is 6.65. The third-order valence-corrected chi connectivity index (χ3v) is 3.19. The molecule has 0 bridgehead atoms. The number of benzene rings is 1. The molecule has 4 nitrogen and oxygen atoms in total. The van der Waals surface area contributed by atoms with E-state index in [2.05, 4.69) is 14.8 Å². The third-order valence-electron chi connectivity index (χ3n) is 3.19. The fourth-order valence-corrected chi connectivity index (χ4v) is 2.19. The van der Waals surface area contributed by atoms with E-state index in [1.807, 2.05) is 26.0 Å². The standard InChI is InChI=1S/C14H21FN4/c1-11(2)17-14(16)19-9-7-18(8-10-19)13-5-3-12(15)4-6-13/h3-6,11H,7-10H2,1-2H3,(H2,16,17). The van der Waals surface area contributed by atoms with Crippen LogP contribution >= 0.6 is 0 Å². The summed E-state index contributed by atoms with van der Waals surface area (Å²) in [5, 5.41) is 0. The molecule has 0 aliphatic carbocycles. The summed E-state index contributed by atoms with van der Waals surface area (Å²) < 4.78 is 12.9. The minimum atomic E-state index is -0.198. The van der Waals surface area contributed by atoms with Crippen LogP contribution in [0.5, 0.6) is 0 Å². The van der Waals surface area contributed by atoms with Gasteiger partial charge in [-0.1, -0.05) is 0 Å². The molecule has 2 rings (SSSR count). The highest BCUT2D eigenvalue weighted by Crippen LogP contribution is 2.16. The van der Waals surface area contributed by atoms with Gasteiger partial charge in [-0.05, 0) is 38.1 Å². The zero-order valence-corrected chi connectivity index (χ0v) is 11.5. The van der Waals surface area contributed by atoms with Crippen molar-refractivity contribution in [3.8, 4) is 0 Å². The van der Waals surface area contributed by atoms with Gasteiger partial charge in [0.2, 0.25) is 0 Å². The monoisotopic (exact) mass is 264 g/mol. The molecule has 104 valence electrons. The molecule has 1 aliphatic heterocycles. The van der Waals surface area contributed by atoms with E-state index < -0.39 is 0 Å². The summed E-state index contributed by atoms with van der Waals surface area (Å²) in [5.41, 5.74) is 7.02. The Kier molecular flexibility index (Phi) is 4.24. The van der Waals surface area contributed by atoms with E-state index in [9.17, 15) is 4.39 Å². The van der Waals surface area contributed by atoms with Crippen molar-refractivity contribution in [2.45, 2.75) is 19.9 Å². The van der Waals surface area contributed by atoms with Crippen LogP contribution in [-0.2, 0) is 0 Å². The van der Waals surface area contributed by atoms with Gasteiger partial charge in [-0.15, -0.1) is 0 Å². The maximum absolute atomic E-state index is 12.9. The first-order valence-corrected chi connectivity index (χ1v) is 6.65. The number of nitrogens with zero attached hydrogens (tertiary/aromatic N) is 3. The molecule has 0 spiro atoms. The van der Waals surface area contributed by atoms with E-state index in [-0.39, 0.29) is 11.9 Å². The molecule has 1 aromatic carbocycles. The minimum absolute atomic E-state index is 0.198. The Labute approximate surface area is 113 Å². The van der Waals surface area contributed by atoms with E-state index >= 15 is 0 Å². The van der Waals surface area contributed by atoms with Gasteiger partial charge in [-0.2, -0.15) is 0 Å². The molecule has 0 radical (unpaired) electrons. The topological polar surface area (TPSA) is 44.9 Å². The average molecular weight is 264 g/mol. The minimum Gasteiger partial charge on any atom is -0.370 e. The number of halogens is 1. The van der Waals surface area contributed by atoms with Gasteiger partial charge >= 0.3 is 0 Å². The molecular formula is C14H21FN4. The lowest BCUT2D eigenvalue weighted by Crippen LogP contribution is -2.51. The summed E-state index contributed by atoms with van der Waals surface area (Å²) in [4.78, 5) is 8.69. The number of anilines is 1. The summed E-state index contributed by atoms with van der Waals surface area (Å²) >= 11 is 0. The maximum Gasteiger partial charge on any atom is 0.191 e. The highest BCUT2D eigenvalue weighted by molar-refractivity contribution is 5.78. The predicted molar refractivity (Wildman–Crippen MR) is 76.9 cm³/mol. The first kappa shape index (κ1) is 13.6. The normalized spacial score (nSPS) is 17.2. The number of rotatable bonds is 2. The molecule has 5 heteroatoms. The van der Waals surface area contributed by atoms with Gasteiger partial charge in [0.15, 0.2) is 5.96 Å². The van der Waals surface area contributed by atoms with Crippen LogP contribution in [0.25, 0.3) is 0 Å². The number of piperazine rings is 1. The van der Waals surface area contributed by atoms with Gasteiger partial charge in [0.05, 0.1) is 0 Å². The average Bonchev–Trinajstić information content (AvgIpc) is 2.39. The molecule has 19 heavy (non-hydrogen) atoms. The molecule has 1 aliphatic rings. The number of nitrogens with two attached hydrogens (primary N) is 1. The van der Waals surface area contributed by atoms with Gasteiger partial charge in [0.1, 0.15) is 5.82 Å². The van der Waals surface area contributed by atoms with Crippen molar-refractivity contribution in [1.82, 2.24) is 4.90 Å². The second-order valence-corrected chi connectivity index (χ2v) is 5.03. The van der Waals surface area contributed by atoms with Crippen LogP contribution in [0.4, 0.5) is 10.1 Å². The number of guanidine groups is 1. The molecule has 1 heterocycles. The second-order valence-electron chi connectivity index (χ2n) is 5.03. The molecule has 1 fully saturated rings. The van der Waals surface area contributed by atoms with Gasteiger partial charge in [-0.25, -0.2) is 4.39 Å². The van der Waals surface area contributed by atoms with Crippen LogP contribution in [0, 0.1) is 5.82 Å². The number of hydrogen-bond donors (Lipinski definition) is 1. The Morgan fingerprint density at radius 2 is 1.74 bits per heavy atom. The van der Waals surface area contributed by atoms with E-state index in [0.717, 1.165) is 31.9 Å². The highest BCUT2D eigenvalue weighted by atomic mass is 19.1. The molecular weight excluding hydrogens is 243 g/mol. The maximum atomic E-state index is 12.9. The summed E-state index contributed by atoms with van der Waals surface area (Å²) in [6.45, 7) is 7.47. The number of hydrogen-bond acceptors (Lipinski definition) is 2. The van der Waals surface area contributed by atoms with Crippen molar-refractivity contribution in [2.75, 3.05) is 31.1 Å². The fraction of sp³-hybridized carbons (Fsp3) is 0.500. The quantitative estimate of drug-likeness (QED) is 0.653. The predicted octanol–water partition coefficient (Wildman–Crippen LogP) is 1.67. The van der Waals surface area contributed by atoms with Gasteiger partial charge in [-0.3, -0.25) is 4.99 Å². The lowest BCUT2D eigenvalue weighted by molar-refractivity contribution is 0.379. The molecule has 1 saturated heterocycles. The van der Waals surface area contributed by atoms with E-state index in [0.29, 0.717) is 5.96 Å². The van der Waals surface area contributed by atoms with Crippen molar-refractivity contribution in [3.63, 3.8) is 0 Å². The Morgan fingerprint density at radius 1 is 1.16 bits per heavy atom. The summed E-state index contributed by atoms with van der Waals surface area (Å²) in [6.07, 6.45) is 0. The van der Waals surface area contributed by atoms with Crippen molar-refractivity contribution in [1.29, 1.82) is 0 Å². The Hall–Kier alpha value is -1.78. The van der Waals surface area contributed by atoms with Crippen molar-refractivity contribution in [2.24, 2.45) is 10.7 Å². The van der Waals surface area contributed by atoms with Gasteiger partial charge in [0.25, 0.3) is 0 Å². The Morgan fingerprint density at radius 3 is 2.26 bits per heavy atom.